The SMILES string of the molecule is O=C(Oc1cccc(-c2nc(N3CCOCC3)nc3c2CCN3c2ccccc2Cl)c1)C(F)(F)F. The molecule has 2 aliphatic rings. The van der Waals surface area contributed by atoms with Crippen LogP contribution in [0.25, 0.3) is 11.3 Å². The maximum Gasteiger partial charge on any atom is 0.491 e. The Morgan fingerprint density at radius 1 is 1.03 bits per heavy atom. The molecule has 2 aliphatic heterocycles. The van der Waals surface area contributed by atoms with E-state index in [2.05, 4.69) is 4.74 Å². The number of fused-ring (bicyclic) bond motifs is 1. The van der Waals surface area contributed by atoms with Crippen LogP contribution < -0.4 is 14.5 Å². The molecule has 5 rings (SSSR count). The average molecular weight is 505 g/mol. The van der Waals surface area contributed by atoms with E-state index in [1.54, 1.807) is 12.1 Å². The van der Waals surface area contributed by atoms with Crippen LogP contribution in [-0.4, -0.2) is 55.0 Å². The van der Waals surface area contributed by atoms with Gasteiger partial charge >= 0.3 is 12.1 Å². The van der Waals surface area contributed by atoms with Gasteiger partial charge in [0.15, 0.2) is 0 Å². The van der Waals surface area contributed by atoms with Gasteiger partial charge in [-0.05, 0) is 30.7 Å². The predicted molar refractivity (Wildman–Crippen MR) is 124 cm³/mol. The van der Waals surface area contributed by atoms with Crippen molar-refractivity contribution in [2.45, 2.75) is 12.6 Å². The first kappa shape index (κ1) is 23.4. The van der Waals surface area contributed by atoms with E-state index < -0.39 is 12.1 Å². The third kappa shape index (κ3) is 4.76. The van der Waals surface area contributed by atoms with Gasteiger partial charge in [-0.15, -0.1) is 0 Å². The molecular weight excluding hydrogens is 485 g/mol. The van der Waals surface area contributed by atoms with Gasteiger partial charge in [0.25, 0.3) is 0 Å². The predicted octanol–water partition coefficient (Wildman–Crippen LogP) is 4.80. The van der Waals surface area contributed by atoms with Crippen molar-refractivity contribution in [3.63, 3.8) is 0 Å². The molecule has 1 aromatic heterocycles. The Morgan fingerprint density at radius 3 is 2.54 bits per heavy atom. The van der Waals surface area contributed by atoms with E-state index in [0.29, 0.717) is 67.3 Å². The number of carbonyl (C=O) groups excluding carboxylic acids is 1. The van der Waals surface area contributed by atoms with Gasteiger partial charge < -0.3 is 19.3 Å². The average Bonchev–Trinajstić information content (AvgIpc) is 3.28. The zero-order chi connectivity index (χ0) is 24.6. The van der Waals surface area contributed by atoms with E-state index in [4.69, 9.17) is 26.3 Å². The van der Waals surface area contributed by atoms with Gasteiger partial charge in [-0.25, -0.2) is 9.78 Å². The normalized spacial score (nSPS) is 15.8. The summed E-state index contributed by atoms with van der Waals surface area (Å²) in [6.45, 7) is 2.89. The maximum absolute atomic E-state index is 12.7. The topological polar surface area (TPSA) is 67.8 Å². The number of hydrogen-bond donors (Lipinski definition) is 0. The Balaban J connectivity index is 1.60. The van der Waals surface area contributed by atoms with Crippen molar-refractivity contribution in [3.05, 3.63) is 59.1 Å². The first-order chi connectivity index (χ1) is 16.8. The van der Waals surface area contributed by atoms with Crippen molar-refractivity contribution < 1.29 is 27.4 Å². The summed E-state index contributed by atoms with van der Waals surface area (Å²) in [5.41, 5.74) is 2.72. The molecule has 0 saturated carbocycles. The summed E-state index contributed by atoms with van der Waals surface area (Å²) in [4.78, 5) is 25.0. The molecule has 0 unspecified atom stereocenters. The summed E-state index contributed by atoms with van der Waals surface area (Å²) in [6.07, 6.45) is -4.49. The minimum Gasteiger partial charge on any atom is -0.420 e. The zero-order valence-corrected chi connectivity index (χ0v) is 19.1. The standard InChI is InChI=1S/C24H20ClF3N4O3/c25-18-6-1-2-7-19(18)32-9-8-17-20(29-23(30-21(17)32)31-10-12-34-13-11-31)15-4-3-5-16(14-15)35-22(33)24(26,27)28/h1-7,14H,8-13H2. The minimum absolute atomic E-state index is 0.217. The second-order valence-electron chi connectivity index (χ2n) is 8.04. The molecule has 3 aromatic rings. The summed E-state index contributed by atoms with van der Waals surface area (Å²) in [5, 5.41) is 0.578. The van der Waals surface area contributed by atoms with Crippen LogP contribution in [0.2, 0.25) is 5.02 Å². The van der Waals surface area contributed by atoms with Gasteiger partial charge in [-0.1, -0.05) is 35.9 Å². The lowest BCUT2D eigenvalue weighted by Crippen LogP contribution is -2.37. The number of para-hydroxylation sites is 1. The van der Waals surface area contributed by atoms with Crippen LogP contribution in [0.15, 0.2) is 48.5 Å². The van der Waals surface area contributed by atoms with Crippen LogP contribution in [0.1, 0.15) is 5.56 Å². The fraction of sp³-hybridized carbons (Fsp3) is 0.292. The number of esters is 1. The molecule has 2 aromatic carbocycles. The van der Waals surface area contributed by atoms with E-state index in [1.807, 2.05) is 28.0 Å². The molecule has 1 saturated heterocycles. The Bertz CT molecular complexity index is 1270. The molecule has 0 bridgehead atoms. The fourth-order valence-electron chi connectivity index (χ4n) is 4.16. The highest BCUT2D eigenvalue weighted by Crippen LogP contribution is 2.41. The lowest BCUT2D eigenvalue weighted by atomic mass is 10.1. The highest BCUT2D eigenvalue weighted by Gasteiger charge is 2.41. The number of anilines is 3. The number of morpholine rings is 1. The molecule has 0 aliphatic carbocycles. The number of halogens is 4. The van der Waals surface area contributed by atoms with Crippen LogP contribution in [-0.2, 0) is 16.0 Å². The Morgan fingerprint density at radius 2 is 1.80 bits per heavy atom. The Kier molecular flexibility index (Phi) is 6.24. The van der Waals surface area contributed by atoms with Crippen LogP contribution in [0, 0.1) is 0 Å². The molecule has 3 heterocycles. The number of rotatable bonds is 4. The van der Waals surface area contributed by atoms with Gasteiger partial charge in [0.1, 0.15) is 11.6 Å². The molecule has 35 heavy (non-hydrogen) atoms. The molecular formula is C24H20ClF3N4O3. The van der Waals surface area contributed by atoms with E-state index >= 15 is 0 Å². The zero-order valence-electron chi connectivity index (χ0n) is 18.4. The first-order valence-corrected chi connectivity index (χ1v) is 11.3. The molecule has 0 atom stereocenters. The van der Waals surface area contributed by atoms with E-state index in [1.165, 1.54) is 18.2 Å². The quantitative estimate of drug-likeness (QED) is 0.373. The van der Waals surface area contributed by atoms with E-state index in [-0.39, 0.29) is 5.75 Å². The summed E-state index contributed by atoms with van der Waals surface area (Å²) in [6, 6.07) is 13.4. The minimum atomic E-state index is -5.09. The summed E-state index contributed by atoms with van der Waals surface area (Å²) >= 11 is 6.47. The number of nitrogens with zero attached hydrogens (tertiary/aromatic N) is 4. The van der Waals surface area contributed by atoms with E-state index in [0.717, 1.165) is 11.3 Å². The van der Waals surface area contributed by atoms with Crippen LogP contribution in [0.5, 0.6) is 5.75 Å². The number of aromatic nitrogens is 2. The Hall–Kier alpha value is -3.37. The fourth-order valence-corrected chi connectivity index (χ4v) is 4.40. The number of carbonyl (C=O) groups is 1. The molecule has 0 radical (unpaired) electrons. The molecule has 0 N–H and O–H groups in total. The van der Waals surface area contributed by atoms with Crippen LogP contribution in [0.3, 0.4) is 0 Å². The number of ether oxygens (including phenoxy) is 2. The number of alkyl halides is 3. The highest BCUT2D eigenvalue weighted by atomic mass is 35.5. The Labute approximate surface area is 204 Å². The van der Waals surface area contributed by atoms with Gasteiger partial charge in [-0.2, -0.15) is 18.2 Å². The second-order valence-corrected chi connectivity index (χ2v) is 8.45. The summed E-state index contributed by atoms with van der Waals surface area (Å²) in [5.74, 6) is -1.33. The van der Waals surface area contributed by atoms with Gasteiger partial charge in [0.2, 0.25) is 5.95 Å². The largest absolute Gasteiger partial charge is 0.491 e. The lowest BCUT2D eigenvalue weighted by Gasteiger charge is -2.28. The van der Waals surface area contributed by atoms with Crippen molar-refractivity contribution in [1.82, 2.24) is 9.97 Å². The lowest BCUT2D eigenvalue weighted by molar-refractivity contribution is -0.189. The van der Waals surface area contributed by atoms with Crippen molar-refractivity contribution in [1.29, 1.82) is 0 Å². The maximum atomic E-state index is 12.7. The first-order valence-electron chi connectivity index (χ1n) is 11.0. The third-order valence-electron chi connectivity index (χ3n) is 5.80. The highest BCUT2D eigenvalue weighted by molar-refractivity contribution is 6.33. The molecule has 7 nitrogen and oxygen atoms in total. The molecule has 1 fully saturated rings. The van der Waals surface area contributed by atoms with Crippen LogP contribution in [0.4, 0.5) is 30.6 Å². The molecule has 11 heteroatoms. The van der Waals surface area contributed by atoms with Gasteiger partial charge in [-0.3, -0.25) is 0 Å². The van der Waals surface area contributed by atoms with Gasteiger partial charge in [0.05, 0.1) is 29.6 Å². The number of benzene rings is 2. The molecule has 0 spiro atoms. The molecule has 0 amide bonds. The van der Waals surface area contributed by atoms with Crippen molar-refractivity contribution >= 4 is 35.0 Å². The second kappa shape index (κ2) is 9.35. The van der Waals surface area contributed by atoms with Crippen LogP contribution >= 0.6 is 11.6 Å². The summed E-state index contributed by atoms with van der Waals surface area (Å²) in [7, 11) is 0. The smallest absolute Gasteiger partial charge is 0.420 e. The molecule has 182 valence electrons. The van der Waals surface area contributed by atoms with Crippen molar-refractivity contribution in [2.75, 3.05) is 42.6 Å². The van der Waals surface area contributed by atoms with Crippen molar-refractivity contribution in [2.24, 2.45) is 0 Å². The van der Waals surface area contributed by atoms with Gasteiger partial charge in [0, 0.05) is 30.8 Å². The monoisotopic (exact) mass is 504 g/mol. The number of hydrogen-bond acceptors (Lipinski definition) is 7. The van der Waals surface area contributed by atoms with E-state index in [9.17, 15) is 18.0 Å². The van der Waals surface area contributed by atoms with Crippen molar-refractivity contribution in [3.8, 4) is 17.0 Å². The third-order valence-corrected chi connectivity index (χ3v) is 6.12. The summed E-state index contributed by atoms with van der Waals surface area (Å²) < 4.78 is 48.1.